The Balaban J connectivity index is 2.71. The fourth-order valence-electron chi connectivity index (χ4n) is 3.89. The molecule has 0 radical (unpaired) electrons. The average molecular weight is 733 g/mol. The summed E-state index contributed by atoms with van der Waals surface area (Å²) in [6.45, 7) is 2.98. The first-order valence-corrected chi connectivity index (χ1v) is 13.8. The lowest BCUT2D eigenvalue weighted by Gasteiger charge is -2.34. The summed E-state index contributed by atoms with van der Waals surface area (Å²) in [6.07, 6.45) is -19.6. The molecule has 0 saturated heterocycles. The van der Waals surface area contributed by atoms with Gasteiger partial charge in [-0.3, -0.25) is 28.8 Å². The van der Waals surface area contributed by atoms with Gasteiger partial charge in [0.2, 0.25) is 12.2 Å². The molecule has 4 unspecified atom stereocenters. The molecular weight excluding hydrogens is 709 g/mol. The highest BCUT2D eigenvalue weighted by Gasteiger charge is 2.49. The van der Waals surface area contributed by atoms with Gasteiger partial charge in [-0.05, 0) is 36.4 Å². The number of ether oxygens (including phenoxy) is 4. The number of halogens is 8. The lowest BCUT2D eigenvalue weighted by atomic mass is 9.99. The number of amides is 2. The maximum Gasteiger partial charge on any atom is 0.416 e. The molecule has 0 bridgehead atoms. The van der Waals surface area contributed by atoms with Crippen molar-refractivity contribution in [3.63, 3.8) is 0 Å². The number of hydrogen-bond acceptors (Lipinski definition) is 10. The van der Waals surface area contributed by atoms with Crippen molar-refractivity contribution in [3.05, 3.63) is 57.6 Å². The van der Waals surface area contributed by atoms with Gasteiger partial charge in [-0.25, -0.2) is 0 Å². The maximum atomic E-state index is 13.5. The number of esters is 4. The highest BCUT2D eigenvalue weighted by molar-refractivity contribution is 6.34. The molecule has 0 aromatic heterocycles. The van der Waals surface area contributed by atoms with Crippen LogP contribution in [0.4, 0.5) is 37.7 Å². The Kier molecular flexibility index (Phi) is 13.2. The van der Waals surface area contributed by atoms with Gasteiger partial charge in [0.15, 0.2) is 12.2 Å². The molecule has 48 heavy (non-hydrogen) atoms. The predicted octanol–water partition coefficient (Wildman–Crippen LogP) is 5.34. The van der Waals surface area contributed by atoms with Crippen LogP contribution < -0.4 is 10.6 Å². The zero-order chi connectivity index (χ0) is 36.7. The molecule has 12 nitrogen and oxygen atoms in total. The molecule has 2 N–H and O–H groups in total. The number of carbonyl (C=O) groups excluding carboxylic acids is 6. The lowest BCUT2D eigenvalue weighted by Crippen LogP contribution is -2.57. The normalized spacial score (nSPS) is 14.0. The molecule has 2 amide bonds. The van der Waals surface area contributed by atoms with E-state index in [1.165, 1.54) is 0 Å². The molecule has 4 atom stereocenters. The Labute approximate surface area is 276 Å². The Morgan fingerprint density at radius 3 is 1.10 bits per heavy atom. The van der Waals surface area contributed by atoms with E-state index in [2.05, 4.69) is 0 Å². The van der Waals surface area contributed by atoms with Gasteiger partial charge in [0.05, 0.1) is 32.5 Å². The summed E-state index contributed by atoms with van der Waals surface area (Å²) in [7, 11) is 0. The molecule has 0 aliphatic rings. The molecule has 2 rings (SSSR count). The summed E-state index contributed by atoms with van der Waals surface area (Å²) in [4.78, 5) is 75.5. The van der Waals surface area contributed by atoms with Crippen LogP contribution in [0.2, 0.25) is 10.0 Å². The number of alkyl halides is 6. The summed E-state index contributed by atoms with van der Waals surface area (Å²) in [5, 5.41) is 3.01. The summed E-state index contributed by atoms with van der Waals surface area (Å²) < 4.78 is 100. The fraction of sp³-hybridized carbons (Fsp3) is 0.357. The van der Waals surface area contributed by atoms with Crippen molar-refractivity contribution < 1.29 is 74.1 Å². The second-order valence-electron chi connectivity index (χ2n) is 9.57. The van der Waals surface area contributed by atoms with Crippen molar-refractivity contribution in [1.29, 1.82) is 0 Å². The van der Waals surface area contributed by atoms with Gasteiger partial charge in [-0.2, -0.15) is 26.3 Å². The van der Waals surface area contributed by atoms with Crippen LogP contribution in [0.25, 0.3) is 0 Å². The molecule has 0 heterocycles. The van der Waals surface area contributed by atoms with Crippen molar-refractivity contribution in [2.24, 2.45) is 0 Å². The smallest absolute Gasteiger partial charge is 0.416 e. The van der Waals surface area contributed by atoms with Crippen LogP contribution in [0.15, 0.2) is 36.4 Å². The average Bonchev–Trinajstić information content (AvgIpc) is 2.93. The van der Waals surface area contributed by atoms with Crippen LogP contribution in [-0.2, 0) is 60.1 Å². The van der Waals surface area contributed by atoms with Gasteiger partial charge >= 0.3 is 36.2 Å². The van der Waals surface area contributed by atoms with Gasteiger partial charge < -0.3 is 29.6 Å². The number of rotatable bonds is 11. The summed E-state index contributed by atoms with van der Waals surface area (Å²) in [5.74, 6) is -8.26. The SMILES string of the molecule is CC(=O)OC(C(=O)Nc1cc(C(F)(F)F)ccc1Cl)C(OC(C)=O)C(OC(C)=O)C(OC(C)=O)C(=O)Nc1cc(C(F)(F)F)ccc1Cl. The molecule has 0 spiro atoms. The number of benzene rings is 2. The third-order valence-corrected chi connectivity index (χ3v) is 6.39. The van der Waals surface area contributed by atoms with E-state index in [0.717, 1.165) is 39.8 Å². The molecule has 0 fully saturated rings. The minimum absolute atomic E-state index is 0.406. The largest absolute Gasteiger partial charge is 0.454 e. The second kappa shape index (κ2) is 16.0. The number of hydrogen-bond donors (Lipinski definition) is 2. The molecule has 20 heteroatoms. The highest BCUT2D eigenvalue weighted by atomic mass is 35.5. The molecular formula is C28H24Cl2F6N2O10. The standard InChI is InChI=1S/C28H24Cl2F6N2O10/c1-11(39)45-21(23(47-13(3)41)25(43)37-19-9-15(27(31,32)33)5-7-17(19)29)22(46-12(2)40)24(48-14(4)42)26(44)38-20-10-16(28(34,35)36)6-8-18(20)30/h5-10,21-24H,1-4H3,(H,37,43)(H,38,44). The van der Waals surface area contributed by atoms with E-state index < -0.39 is 105 Å². The van der Waals surface area contributed by atoms with Crippen molar-refractivity contribution in [2.75, 3.05) is 10.6 Å². The molecule has 0 aliphatic heterocycles. The maximum absolute atomic E-state index is 13.5. The monoisotopic (exact) mass is 732 g/mol. The van der Waals surface area contributed by atoms with Crippen molar-refractivity contribution in [2.45, 2.75) is 64.5 Å². The van der Waals surface area contributed by atoms with Crippen LogP contribution >= 0.6 is 23.2 Å². The van der Waals surface area contributed by atoms with Gasteiger partial charge in [0.1, 0.15) is 0 Å². The van der Waals surface area contributed by atoms with Crippen LogP contribution in [0.3, 0.4) is 0 Å². The Hall–Kier alpha value is -4.58. The molecule has 0 saturated carbocycles. The third kappa shape index (κ3) is 11.3. The van der Waals surface area contributed by atoms with Crippen LogP contribution in [0.5, 0.6) is 0 Å². The lowest BCUT2D eigenvalue weighted by molar-refractivity contribution is -0.198. The molecule has 2 aromatic rings. The topological polar surface area (TPSA) is 163 Å². The second-order valence-corrected chi connectivity index (χ2v) is 10.4. The van der Waals surface area contributed by atoms with E-state index in [1.54, 1.807) is 0 Å². The number of anilines is 2. The summed E-state index contributed by atoms with van der Waals surface area (Å²) in [6, 6.07) is 3.52. The Morgan fingerprint density at radius 2 is 0.854 bits per heavy atom. The van der Waals surface area contributed by atoms with E-state index in [-0.39, 0.29) is 0 Å². The van der Waals surface area contributed by atoms with Crippen LogP contribution in [-0.4, -0.2) is 60.1 Å². The van der Waals surface area contributed by atoms with Crippen LogP contribution in [0.1, 0.15) is 38.8 Å². The molecule has 0 aliphatic carbocycles. The van der Waals surface area contributed by atoms with Gasteiger partial charge in [0.25, 0.3) is 11.8 Å². The minimum Gasteiger partial charge on any atom is -0.454 e. The van der Waals surface area contributed by atoms with E-state index in [1.807, 2.05) is 10.6 Å². The predicted molar refractivity (Wildman–Crippen MR) is 152 cm³/mol. The molecule has 2 aromatic carbocycles. The number of nitrogens with one attached hydrogen (secondary N) is 2. The summed E-state index contributed by atoms with van der Waals surface area (Å²) in [5.41, 5.74) is -3.93. The van der Waals surface area contributed by atoms with E-state index >= 15 is 0 Å². The van der Waals surface area contributed by atoms with Crippen molar-refractivity contribution in [1.82, 2.24) is 0 Å². The Morgan fingerprint density at radius 1 is 0.562 bits per heavy atom. The zero-order valence-electron chi connectivity index (χ0n) is 24.9. The third-order valence-electron chi connectivity index (χ3n) is 5.73. The van der Waals surface area contributed by atoms with E-state index in [0.29, 0.717) is 24.3 Å². The zero-order valence-corrected chi connectivity index (χ0v) is 26.4. The first-order valence-electron chi connectivity index (χ1n) is 13.0. The summed E-state index contributed by atoms with van der Waals surface area (Å²) >= 11 is 11.9. The minimum atomic E-state index is -4.91. The Bertz CT molecular complexity index is 1470. The van der Waals surface area contributed by atoms with E-state index in [9.17, 15) is 55.1 Å². The highest BCUT2D eigenvalue weighted by Crippen LogP contribution is 2.35. The van der Waals surface area contributed by atoms with Crippen molar-refractivity contribution in [3.8, 4) is 0 Å². The van der Waals surface area contributed by atoms with Gasteiger partial charge in [0, 0.05) is 27.7 Å². The van der Waals surface area contributed by atoms with Gasteiger partial charge in [-0.15, -0.1) is 0 Å². The number of carbonyl (C=O) groups is 6. The van der Waals surface area contributed by atoms with Gasteiger partial charge in [-0.1, -0.05) is 23.2 Å². The van der Waals surface area contributed by atoms with Crippen molar-refractivity contribution >= 4 is 70.3 Å². The first kappa shape index (κ1) is 39.6. The fourth-order valence-corrected chi connectivity index (χ4v) is 4.21. The van der Waals surface area contributed by atoms with Crippen LogP contribution in [0, 0.1) is 0 Å². The van der Waals surface area contributed by atoms with E-state index in [4.69, 9.17) is 42.1 Å². The molecule has 262 valence electrons. The quantitative estimate of drug-likeness (QED) is 0.175. The first-order chi connectivity index (χ1) is 22.0.